The number of carboxylic acid groups (broad SMARTS) is 1. The molecule has 0 aromatic carbocycles. The van der Waals surface area contributed by atoms with Gasteiger partial charge in [0.1, 0.15) is 6.04 Å². The molecule has 3 amide bonds. The third-order valence-electron chi connectivity index (χ3n) is 2.66. The molecule has 0 aromatic rings. The lowest BCUT2D eigenvalue weighted by molar-refractivity contribution is -0.137. The highest BCUT2D eigenvalue weighted by Crippen LogP contribution is 2.08. The molecular weight excluding hydrogens is 238 g/mol. The van der Waals surface area contributed by atoms with Gasteiger partial charge in [-0.2, -0.15) is 0 Å². The molecule has 7 heteroatoms. The zero-order valence-corrected chi connectivity index (χ0v) is 10.9. The third-order valence-corrected chi connectivity index (χ3v) is 2.66. The molecule has 3 atom stereocenters. The van der Waals surface area contributed by atoms with E-state index in [0.29, 0.717) is 6.42 Å². The third kappa shape index (κ3) is 6.07. The smallest absolute Gasteiger partial charge is 0.312 e. The zero-order valence-electron chi connectivity index (χ0n) is 10.9. The fraction of sp³-hybridized carbons (Fsp3) is 0.727. The minimum Gasteiger partial charge on any atom is -0.481 e. The van der Waals surface area contributed by atoms with Crippen LogP contribution in [0.4, 0.5) is 4.79 Å². The summed E-state index contributed by atoms with van der Waals surface area (Å²) in [6, 6.07) is -2.03. The van der Waals surface area contributed by atoms with Gasteiger partial charge in [-0.1, -0.05) is 20.3 Å². The number of primary amides is 1. The van der Waals surface area contributed by atoms with Gasteiger partial charge in [0.25, 0.3) is 0 Å². The second-order valence-electron chi connectivity index (χ2n) is 4.38. The van der Waals surface area contributed by atoms with E-state index in [0.717, 1.165) is 0 Å². The molecule has 0 heterocycles. The molecule has 3 unspecified atom stereocenters. The molecule has 7 nitrogen and oxygen atoms in total. The van der Waals surface area contributed by atoms with Crippen molar-refractivity contribution in [2.75, 3.05) is 0 Å². The van der Waals surface area contributed by atoms with Gasteiger partial charge in [0, 0.05) is 6.04 Å². The highest BCUT2D eigenvalue weighted by molar-refractivity contribution is 5.87. The van der Waals surface area contributed by atoms with Gasteiger partial charge in [-0.15, -0.1) is 0 Å². The van der Waals surface area contributed by atoms with Crippen molar-refractivity contribution in [2.45, 2.75) is 45.7 Å². The maximum Gasteiger partial charge on any atom is 0.312 e. The van der Waals surface area contributed by atoms with Crippen LogP contribution in [0.5, 0.6) is 0 Å². The Morgan fingerprint density at radius 2 is 1.78 bits per heavy atom. The fourth-order valence-corrected chi connectivity index (χ4v) is 1.50. The van der Waals surface area contributed by atoms with Crippen LogP contribution in [-0.4, -0.2) is 35.1 Å². The average molecular weight is 259 g/mol. The predicted molar refractivity (Wildman–Crippen MR) is 65.8 cm³/mol. The largest absolute Gasteiger partial charge is 0.481 e. The van der Waals surface area contributed by atoms with Crippen molar-refractivity contribution in [3.05, 3.63) is 0 Å². The number of nitrogens with one attached hydrogen (secondary N) is 2. The van der Waals surface area contributed by atoms with Crippen molar-refractivity contribution < 1.29 is 19.5 Å². The number of hydrogen-bond donors (Lipinski definition) is 4. The molecule has 0 rings (SSSR count). The van der Waals surface area contributed by atoms with Crippen LogP contribution < -0.4 is 16.4 Å². The first kappa shape index (κ1) is 16.2. The number of carbonyl (C=O) groups excluding carboxylic acids is 2. The summed E-state index contributed by atoms with van der Waals surface area (Å²) in [5.74, 6) is -1.50. The Kier molecular flexibility index (Phi) is 6.77. The number of amides is 3. The Morgan fingerprint density at radius 1 is 1.22 bits per heavy atom. The van der Waals surface area contributed by atoms with Crippen LogP contribution in [0.1, 0.15) is 33.6 Å². The quantitative estimate of drug-likeness (QED) is 0.516. The molecule has 0 saturated heterocycles. The van der Waals surface area contributed by atoms with Crippen LogP contribution in [-0.2, 0) is 9.59 Å². The zero-order chi connectivity index (χ0) is 14.3. The van der Waals surface area contributed by atoms with Gasteiger partial charge < -0.3 is 21.5 Å². The van der Waals surface area contributed by atoms with E-state index in [2.05, 4.69) is 10.6 Å². The van der Waals surface area contributed by atoms with E-state index in [4.69, 9.17) is 10.8 Å². The minimum atomic E-state index is -0.995. The molecule has 0 aliphatic heterocycles. The van der Waals surface area contributed by atoms with Crippen molar-refractivity contribution in [3.63, 3.8) is 0 Å². The van der Waals surface area contributed by atoms with Gasteiger partial charge in [-0.05, 0) is 12.8 Å². The molecule has 0 aliphatic rings. The number of rotatable bonds is 7. The topological polar surface area (TPSA) is 122 Å². The predicted octanol–water partition coefficient (Wildman–Crippen LogP) is 0.0488. The maximum atomic E-state index is 11.9. The highest BCUT2D eigenvalue weighted by atomic mass is 16.4. The maximum absolute atomic E-state index is 11.9. The van der Waals surface area contributed by atoms with E-state index in [-0.39, 0.29) is 12.3 Å². The molecule has 5 N–H and O–H groups in total. The van der Waals surface area contributed by atoms with E-state index in [9.17, 15) is 14.4 Å². The Balaban J connectivity index is 4.55. The summed E-state index contributed by atoms with van der Waals surface area (Å²) < 4.78 is 0. The molecule has 0 spiro atoms. The normalized spacial score (nSPS) is 15.3. The number of carbonyl (C=O) groups is 3. The number of carboxylic acids is 1. The van der Waals surface area contributed by atoms with Crippen molar-refractivity contribution in [1.82, 2.24) is 10.6 Å². The lowest BCUT2D eigenvalue weighted by Crippen LogP contribution is -2.53. The van der Waals surface area contributed by atoms with E-state index in [1.165, 1.54) is 0 Å². The van der Waals surface area contributed by atoms with Gasteiger partial charge in [0.05, 0.1) is 6.42 Å². The molecule has 104 valence electrons. The van der Waals surface area contributed by atoms with Crippen molar-refractivity contribution in [3.8, 4) is 0 Å². The first-order valence-corrected chi connectivity index (χ1v) is 5.86. The van der Waals surface area contributed by atoms with Crippen LogP contribution in [0.15, 0.2) is 0 Å². The van der Waals surface area contributed by atoms with Crippen LogP contribution in [0.3, 0.4) is 0 Å². The van der Waals surface area contributed by atoms with Crippen molar-refractivity contribution in [1.29, 1.82) is 0 Å². The molecule has 0 fully saturated rings. The van der Waals surface area contributed by atoms with Gasteiger partial charge in [-0.25, -0.2) is 4.79 Å². The Bertz CT molecular complexity index is 319. The fourth-order valence-electron chi connectivity index (χ4n) is 1.50. The van der Waals surface area contributed by atoms with Gasteiger partial charge in [0.2, 0.25) is 5.91 Å². The molecule has 0 aromatic heterocycles. The summed E-state index contributed by atoms with van der Waals surface area (Å²) in [7, 11) is 0. The Labute approximate surface area is 106 Å². The van der Waals surface area contributed by atoms with E-state index < -0.39 is 30.0 Å². The molecule has 18 heavy (non-hydrogen) atoms. The van der Waals surface area contributed by atoms with Gasteiger partial charge in [0.15, 0.2) is 0 Å². The number of urea groups is 1. The lowest BCUT2D eigenvalue weighted by atomic mass is 9.98. The average Bonchev–Trinajstić information content (AvgIpc) is 2.23. The summed E-state index contributed by atoms with van der Waals surface area (Å²) in [4.78, 5) is 33.2. The van der Waals surface area contributed by atoms with E-state index in [1.54, 1.807) is 6.92 Å². The summed E-state index contributed by atoms with van der Waals surface area (Å²) in [6.45, 7) is 5.28. The Hall–Kier alpha value is -1.79. The highest BCUT2D eigenvalue weighted by Gasteiger charge is 2.26. The molecule has 0 saturated carbocycles. The number of hydrogen-bond acceptors (Lipinski definition) is 3. The van der Waals surface area contributed by atoms with Crippen LogP contribution in [0, 0.1) is 5.92 Å². The van der Waals surface area contributed by atoms with E-state index in [1.807, 2.05) is 13.8 Å². The first-order valence-electron chi connectivity index (χ1n) is 5.86. The molecular formula is C11H21N3O4. The van der Waals surface area contributed by atoms with Crippen LogP contribution in [0.2, 0.25) is 0 Å². The Morgan fingerprint density at radius 3 is 2.17 bits per heavy atom. The van der Waals surface area contributed by atoms with Crippen molar-refractivity contribution in [2.24, 2.45) is 11.7 Å². The second-order valence-corrected chi connectivity index (χ2v) is 4.38. The summed E-state index contributed by atoms with van der Waals surface area (Å²) in [5, 5.41) is 13.5. The van der Waals surface area contributed by atoms with Crippen LogP contribution in [0.25, 0.3) is 0 Å². The SMILES string of the molecule is CCC(C)C(NC(N)=O)C(=O)NC(C)CC(=O)O. The second kappa shape index (κ2) is 7.52. The number of nitrogens with two attached hydrogens (primary N) is 1. The van der Waals surface area contributed by atoms with Gasteiger partial charge >= 0.3 is 12.0 Å². The monoisotopic (exact) mass is 259 g/mol. The molecule has 0 aliphatic carbocycles. The lowest BCUT2D eigenvalue weighted by Gasteiger charge is -2.24. The number of aliphatic carboxylic acids is 1. The van der Waals surface area contributed by atoms with Crippen molar-refractivity contribution >= 4 is 17.9 Å². The molecule has 0 radical (unpaired) electrons. The summed E-state index contributed by atoms with van der Waals surface area (Å²) in [5.41, 5.74) is 5.01. The van der Waals surface area contributed by atoms with E-state index >= 15 is 0 Å². The molecule has 0 bridgehead atoms. The summed E-state index contributed by atoms with van der Waals surface area (Å²) in [6.07, 6.45) is 0.515. The van der Waals surface area contributed by atoms with Crippen LogP contribution >= 0.6 is 0 Å². The standard InChI is InChI=1S/C11H21N3O4/c1-4-6(2)9(14-11(12)18)10(17)13-7(3)5-8(15)16/h6-7,9H,4-5H2,1-3H3,(H,13,17)(H,15,16)(H3,12,14,18). The van der Waals surface area contributed by atoms with Gasteiger partial charge in [-0.3, -0.25) is 9.59 Å². The summed E-state index contributed by atoms with van der Waals surface area (Å²) >= 11 is 0. The minimum absolute atomic E-state index is 0.0884. The first-order chi connectivity index (χ1) is 8.27.